The van der Waals surface area contributed by atoms with Gasteiger partial charge in [-0.3, -0.25) is 0 Å². The monoisotopic (exact) mass is 264 g/mol. The summed E-state index contributed by atoms with van der Waals surface area (Å²) in [7, 11) is 0. The van der Waals surface area contributed by atoms with Gasteiger partial charge in [0.1, 0.15) is 10.6 Å². The van der Waals surface area contributed by atoms with Crippen molar-refractivity contribution in [1.29, 1.82) is 0 Å². The van der Waals surface area contributed by atoms with Crippen LogP contribution in [-0.2, 0) is 0 Å². The quantitative estimate of drug-likeness (QED) is 0.638. The summed E-state index contributed by atoms with van der Waals surface area (Å²) in [5.74, 6) is 0.463. The zero-order chi connectivity index (χ0) is 12.7. The van der Waals surface area contributed by atoms with E-state index in [1.807, 2.05) is 0 Å². The molecule has 2 aromatic heterocycles. The summed E-state index contributed by atoms with van der Waals surface area (Å²) >= 11 is 4.20. The van der Waals surface area contributed by atoms with E-state index in [1.165, 1.54) is 23.6 Å². The lowest BCUT2D eigenvalue weighted by atomic mass is 10.1. The Hall–Kier alpha value is -1.63. The summed E-state index contributed by atoms with van der Waals surface area (Å²) in [5.41, 5.74) is 0.0358. The minimum Gasteiger partial charge on any atom is -0.478 e. The van der Waals surface area contributed by atoms with Crippen molar-refractivity contribution in [2.45, 2.75) is 36.6 Å². The van der Waals surface area contributed by atoms with Gasteiger partial charge in [0.05, 0.1) is 0 Å². The molecule has 18 heavy (non-hydrogen) atoms. The highest BCUT2D eigenvalue weighted by atomic mass is 32.1. The van der Waals surface area contributed by atoms with Crippen molar-refractivity contribution in [2.75, 3.05) is 0 Å². The van der Waals surface area contributed by atoms with E-state index in [1.54, 1.807) is 0 Å². The zero-order valence-corrected chi connectivity index (χ0v) is 10.5. The van der Waals surface area contributed by atoms with Crippen LogP contribution in [0.4, 0.5) is 0 Å². The average molecular weight is 264 g/mol. The van der Waals surface area contributed by atoms with Crippen molar-refractivity contribution < 1.29 is 9.90 Å². The van der Waals surface area contributed by atoms with Gasteiger partial charge < -0.3 is 5.11 Å². The first kappa shape index (κ1) is 11.5. The summed E-state index contributed by atoms with van der Waals surface area (Å²) < 4.78 is 1.40. The van der Waals surface area contributed by atoms with Gasteiger partial charge in [-0.1, -0.05) is 12.8 Å². The van der Waals surface area contributed by atoms with E-state index in [0.29, 0.717) is 11.7 Å². The maximum atomic E-state index is 11.0. The standard InChI is InChI=1S/C11H12N4O2S/c16-10(17)7-5-12-11-13-8(6-3-1-2-4-6)14-15(11)9(7)18/h5-6,18H,1-4H2,(H,16,17). The van der Waals surface area contributed by atoms with E-state index in [4.69, 9.17) is 5.11 Å². The molecule has 6 nitrogen and oxygen atoms in total. The Balaban J connectivity index is 2.11. The Bertz CT molecular complexity index is 619. The van der Waals surface area contributed by atoms with Gasteiger partial charge in [0, 0.05) is 12.1 Å². The Morgan fingerprint density at radius 3 is 2.83 bits per heavy atom. The third kappa shape index (κ3) is 1.74. The normalized spacial score (nSPS) is 16.5. The lowest BCUT2D eigenvalue weighted by Crippen LogP contribution is -2.05. The van der Waals surface area contributed by atoms with Crippen molar-refractivity contribution in [3.63, 3.8) is 0 Å². The van der Waals surface area contributed by atoms with Gasteiger partial charge in [-0.25, -0.2) is 9.78 Å². The third-order valence-electron chi connectivity index (χ3n) is 3.31. The number of rotatable bonds is 2. The topological polar surface area (TPSA) is 80.4 Å². The second-order valence-electron chi connectivity index (χ2n) is 4.46. The second kappa shape index (κ2) is 4.24. The van der Waals surface area contributed by atoms with Gasteiger partial charge in [-0.15, -0.1) is 17.7 Å². The number of carboxylic acids is 1. The molecule has 1 aliphatic carbocycles. The lowest BCUT2D eigenvalue weighted by molar-refractivity contribution is 0.0691. The summed E-state index contributed by atoms with van der Waals surface area (Å²) in [5, 5.41) is 13.6. The molecule has 1 N–H and O–H groups in total. The van der Waals surface area contributed by atoms with Crippen molar-refractivity contribution >= 4 is 24.4 Å². The smallest absolute Gasteiger partial charge is 0.340 e. The van der Waals surface area contributed by atoms with Crippen LogP contribution in [0.15, 0.2) is 11.2 Å². The number of carboxylic acid groups (broad SMARTS) is 1. The molecule has 0 saturated heterocycles. The minimum absolute atomic E-state index is 0.0358. The number of nitrogens with zero attached hydrogens (tertiary/aromatic N) is 4. The van der Waals surface area contributed by atoms with Crippen molar-refractivity contribution in [3.8, 4) is 0 Å². The highest BCUT2D eigenvalue weighted by molar-refractivity contribution is 7.80. The first-order valence-corrected chi connectivity index (χ1v) is 6.29. The van der Waals surface area contributed by atoms with E-state index in [-0.39, 0.29) is 10.6 Å². The van der Waals surface area contributed by atoms with Crippen LogP contribution in [-0.4, -0.2) is 30.7 Å². The molecule has 2 aromatic rings. The maximum Gasteiger partial charge on any atom is 0.340 e. The minimum atomic E-state index is -1.06. The highest BCUT2D eigenvalue weighted by Crippen LogP contribution is 2.32. The van der Waals surface area contributed by atoms with Gasteiger partial charge in [-0.05, 0) is 12.8 Å². The lowest BCUT2D eigenvalue weighted by Gasteiger charge is -2.01. The second-order valence-corrected chi connectivity index (χ2v) is 4.89. The number of aromatic nitrogens is 4. The van der Waals surface area contributed by atoms with E-state index in [9.17, 15) is 4.79 Å². The fourth-order valence-electron chi connectivity index (χ4n) is 2.35. The van der Waals surface area contributed by atoms with Crippen LogP contribution in [0.25, 0.3) is 5.78 Å². The number of fused-ring (bicyclic) bond motifs is 1. The fraction of sp³-hybridized carbons (Fsp3) is 0.455. The van der Waals surface area contributed by atoms with Crippen molar-refractivity contribution in [3.05, 3.63) is 17.6 Å². The number of hydrogen-bond donors (Lipinski definition) is 2. The molecule has 3 rings (SSSR count). The number of aromatic carboxylic acids is 1. The van der Waals surface area contributed by atoms with E-state index in [2.05, 4.69) is 27.7 Å². The first-order chi connectivity index (χ1) is 8.66. The first-order valence-electron chi connectivity index (χ1n) is 5.85. The van der Waals surface area contributed by atoms with Crippen molar-refractivity contribution in [1.82, 2.24) is 19.6 Å². The molecule has 1 saturated carbocycles. The highest BCUT2D eigenvalue weighted by Gasteiger charge is 2.23. The molecular formula is C11H12N4O2S. The molecule has 0 atom stereocenters. The molecule has 94 valence electrons. The fourth-order valence-corrected chi connectivity index (χ4v) is 2.63. The van der Waals surface area contributed by atoms with Crippen LogP contribution in [0, 0.1) is 0 Å². The van der Waals surface area contributed by atoms with E-state index < -0.39 is 5.97 Å². The van der Waals surface area contributed by atoms with Crippen LogP contribution in [0.3, 0.4) is 0 Å². The van der Waals surface area contributed by atoms with Gasteiger partial charge in [-0.2, -0.15) is 9.50 Å². The van der Waals surface area contributed by atoms with Gasteiger partial charge >= 0.3 is 5.97 Å². The molecule has 2 heterocycles. The summed E-state index contributed by atoms with van der Waals surface area (Å²) in [6.45, 7) is 0. The maximum absolute atomic E-state index is 11.0. The molecule has 0 aliphatic heterocycles. The third-order valence-corrected chi connectivity index (χ3v) is 3.74. The Morgan fingerprint density at radius 1 is 1.44 bits per heavy atom. The predicted octanol–water partition coefficient (Wildman–Crippen LogP) is 1.77. The predicted molar refractivity (Wildman–Crippen MR) is 66.2 cm³/mol. The van der Waals surface area contributed by atoms with Crippen LogP contribution < -0.4 is 0 Å². The summed E-state index contributed by atoms with van der Waals surface area (Å²) in [6.07, 6.45) is 5.84. The molecule has 0 unspecified atom stereocenters. The Labute approximate surface area is 108 Å². The van der Waals surface area contributed by atoms with Gasteiger partial charge in [0.25, 0.3) is 5.78 Å². The van der Waals surface area contributed by atoms with E-state index >= 15 is 0 Å². The molecule has 0 aromatic carbocycles. The molecule has 0 radical (unpaired) electrons. The molecule has 0 spiro atoms. The Morgan fingerprint density at radius 2 is 2.17 bits per heavy atom. The number of carbonyl (C=O) groups is 1. The van der Waals surface area contributed by atoms with E-state index in [0.717, 1.165) is 18.7 Å². The van der Waals surface area contributed by atoms with Crippen LogP contribution in [0.5, 0.6) is 0 Å². The average Bonchev–Trinajstić information content (AvgIpc) is 2.97. The summed E-state index contributed by atoms with van der Waals surface area (Å²) in [4.78, 5) is 19.3. The molecule has 1 fully saturated rings. The number of thiol groups is 1. The van der Waals surface area contributed by atoms with Crippen LogP contribution in [0.2, 0.25) is 0 Å². The zero-order valence-electron chi connectivity index (χ0n) is 9.57. The largest absolute Gasteiger partial charge is 0.478 e. The SMILES string of the molecule is O=C(O)c1cnc2nc(C3CCCC3)nn2c1S. The molecule has 0 amide bonds. The molecule has 7 heteroatoms. The number of hydrogen-bond acceptors (Lipinski definition) is 5. The van der Waals surface area contributed by atoms with Gasteiger partial charge in [0.15, 0.2) is 5.82 Å². The Kier molecular flexibility index (Phi) is 2.70. The summed E-state index contributed by atoms with van der Waals surface area (Å²) in [6, 6.07) is 0. The van der Waals surface area contributed by atoms with Crippen LogP contribution >= 0.6 is 12.6 Å². The van der Waals surface area contributed by atoms with Crippen molar-refractivity contribution in [2.24, 2.45) is 0 Å². The molecular weight excluding hydrogens is 252 g/mol. The van der Waals surface area contributed by atoms with Crippen LogP contribution in [0.1, 0.15) is 47.8 Å². The molecule has 1 aliphatic rings. The molecule has 0 bridgehead atoms. The van der Waals surface area contributed by atoms with Gasteiger partial charge in [0.2, 0.25) is 0 Å².